The summed E-state index contributed by atoms with van der Waals surface area (Å²) in [6.45, 7) is 0.987. The zero-order valence-corrected chi connectivity index (χ0v) is 29.3. The lowest BCUT2D eigenvalue weighted by Gasteiger charge is -2.09. The van der Waals surface area contributed by atoms with Gasteiger partial charge in [0, 0.05) is 0 Å². The molecule has 0 amide bonds. The monoisotopic (exact) mass is 738 g/mol. The summed E-state index contributed by atoms with van der Waals surface area (Å²) in [6, 6.07) is 37.7. The number of hydrogen-bond acceptors (Lipinski definition) is 11. The maximum atomic E-state index is 12.6. The van der Waals surface area contributed by atoms with Crippen LogP contribution in [0.3, 0.4) is 0 Å². The van der Waals surface area contributed by atoms with Gasteiger partial charge in [-0.05, 0) is 145 Å². The quantitative estimate of drug-likeness (QED) is 0.0640. The third-order valence-corrected chi connectivity index (χ3v) is 8.15. The fourth-order valence-electron chi connectivity index (χ4n) is 5.11. The fourth-order valence-corrected chi connectivity index (χ4v) is 5.11. The van der Waals surface area contributed by atoms with Crippen LogP contribution in [0.5, 0.6) is 34.5 Å². The molecule has 0 radical (unpaired) electrons. The van der Waals surface area contributed by atoms with Gasteiger partial charge < -0.3 is 33.9 Å². The first kappa shape index (κ1) is 37.5. The Kier molecular flexibility index (Phi) is 12.3. The molecule has 276 valence electrons. The zero-order valence-electron chi connectivity index (χ0n) is 29.3. The van der Waals surface area contributed by atoms with Gasteiger partial charge in [0.25, 0.3) is 0 Å². The highest BCUT2D eigenvalue weighted by Gasteiger charge is 2.14. The van der Waals surface area contributed by atoms with Gasteiger partial charge in [-0.15, -0.1) is 0 Å². The Morgan fingerprint density at radius 3 is 0.855 bits per heavy atom. The van der Waals surface area contributed by atoms with Crippen LogP contribution < -0.4 is 18.9 Å². The highest BCUT2D eigenvalue weighted by molar-refractivity contribution is 5.93. The normalized spacial score (nSPS) is 10.6. The standard InChI is InChI=1S/C44H34O11/c45-35-13-5-31(6-14-35)41(47)54-39-21-9-33(10-22-39)43(49)52-37-17-1-29(2-18-37)25-27-51-28-26-30-3-19-38(20-4-30)53-44(50)34-11-23-40(24-12-34)55-42(48)32-7-15-36(46)16-8-32/h1-24,45-46H,25-28H2. The summed E-state index contributed by atoms with van der Waals surface area (Å²) in [5.74, 6) is -0.925. The predicted octanol–water partition coefficient (Wildman–Crippen LogP) is 7.78. The second kappa shape index (κ2) is 18.0. The Bertz CT molecular complexity index is 2070. The fraction of sp³-hybridized carbons (Fsp3) is 0.0909. The summed E-state index contributed by atoms with van der Waals surface area (Å²) in [6.07, 6.45) is 1.32. The van der Waals surface area contributed by atoms with E-state index in [-0.39, 0.29) is 45.3 Å². The molecule has 6 aromatic rings. The molecule has 0 saturated carbocycles. The second-order valence-electron chi connectivity index (χ2n) is 12.1. The number of rotatable bonds is 14. The second-order valence-corrected chi connectivity index (χ2v) is 12.1. The van der Waals surface area contributed by atoms with Gasteiger partial charge >= 0.3 is 23.9 Å². The van der Waals surface area contributed by atoms with Crippen molar-refractivity contribution in [3.63, 3.8) is 0 Å². The van der Waals surface area contributed by atoms with E-state index in [0.717, 1.165) is 11.1 Å². The predicted molar refractivity (Wildman–Crippen MR) is 200 cm³/mol. The average Bonchev–Trinajstić information content (AvgIpc) is 3.20. The summed E-state index contributed by atoms with van der Waals surface area (Å²) in [5, 5.41) is 18.7. The van der Waals surface area contributed by atoms with E-state index in [2.05, 4.69) is 0 Å². The van der Waals surface area contributed by atoms with Gasteiger partial charge in [0.1, 0.15) is 34.5 Å². The first-order valence-corrected chi connectivity index (χ1v) is 17.1. The van der Waals surface area contributed by atoms with Gasteiger partial charge in [-0.2, -0.15) is 0 Å². The van der Waals surface area contributed by atoms with Crippen LogP contribution in [0.1, 0.15) is 52.6 Å². The van der Waals surface area contributed by atoms with Crippen molar-refractivity contribution in [1.82, 2.24) is 0 Å². The molecule has 0 fully saturated rings. The minimum absolute atomic E-state index is 0.0416. The summed E-state index contributed by atoms with van der Waals surface area (Å²) in [5.41, 5.74) is 3.15. The molecule has 0 bridgehead atoms. The van der Waals surface area contributed by atoms with Gasteiger partial charge in [-0.3, -0.25) is 0 Å². The molecule has 0 heterocycles. The van der Waals surface area contributed by atoms with E-state index in [0.29, 0.717) is 37.6 Å². The maximum Gasteiger partial charge on any atom is 0.343 e. The van der Waals surface area contributed by atoms with E-state index in [1.807, 2.05) is 24.3 Å². The number of phenolic OH excluding ortho intramolecular Hbond substituents is 2. The molecule has 0 aliphatic heterocycles. The SMILES string of the molecule is O=C(Oc1ccc(C(=O)Oc2ccc(CCOCCc3ccc(OC(=O)c4ccc(OC(=O)c5ccc(O)cc5)cc4)cc3)cc2)cc1)c1ccc(O)cc1. The molecule has 0 aliphatic rings. The van der Waals surface area contributed by atoms with Crippen LogP contribution in [-0.2, 0) is 17.6 Å². The highest BCUT2D eigenvalue weighted by Crippen LogP contribution is 2.21. The van der Waals surface area contributed by atoms with Crippen molar-refractivity contribution in [2.45, 2.75) is 12.8 Å². The number of ether oxygens (including phenoxy) is 5. The summed E-state index contributed by atoms with van der Waals surface area (Å²) in [4.78, 5) is 49.8. The molecule has 11 heteroatoms. The Morgan fingerprint density at radius 2 is 0.582 bits per heavy atom. The Labute approximate surface area is 315 Å². The number of carbonyl (C=O) groups is 4. The third-order valence-electron chi connectivity index (χ3n) is 8.15. The molecule has 0 saturated heterocycles. The van der Waals surface area contributed by atoms with E-state index < -0.39 is 23.9 Å². The van der Waals surface area contributed by atoms with Crippen LogP contribution in [0, 0.1) is 0 Å². The first-order valence-electron chi connectivity index (χ1n) is 17.1. The lowest BCUT2D eigenvalue weighted by molar-refractivity contribution is 0.0720. The Morgan fingerprint density at radius 1 is 0.345 bits per heavy atom. The van der Waals surface area contributed by atoms with Crippen LogP contribution in [-0.4, -0.2) is 47.3 Å². The molecule has 0 spiro atoms. The van der Waals surface area contributed by atoms with E-state index in [4.69, 9.17) is 23.7 Å². The van der Waals surface area contributed by atoms with Crippen molar-refractivity contribution in [3.8, 4) is 34.5 Å². The first-order chi connectivity index (χ1) is 26.7. The molecule has 11 nitrogen and oxygen atoms in total. The molecular weight excluding hydrogens is 704 g/mol. The minimum atomic E-state index is -0.591. The number of phenols is 2. The van der Waals surface area contributed by atoms with Crippen molar-refractivity contribution in [3.05, 3.63) is 179 Å². The lowest BCUT2D eigenvalue weighted by atomic mass is 10.1. The molecule has 0 unspecified atom stereocenters. The van der Waals surface area contributed by atoms with Gasteiger partial charge in [-0.25, -0.2) is 19.2 Å². The van der Waals surface area contributed by atoms with Gasteiger partial charge in [0.2, 0.25) is 0 Å². The summed E-state index contributed by atoms with van der Waals surface area (Å²) >= 11 is 0. The summed E-state index contributed by atoms with van der Waals surface area (Å²) < 4.78 is 27.4. The van der Waals surface area contributed by atoms with E-state index >= 15 is 0 Å². The smallest absolute Gasteiger partial charge is 0.343 e. The lowest BCUT2D eigenvalue weighted by Crippen LogP contribution is -2.10. The molecule has 2 N–H and O–H groups in total. The van der Waals surface area contributed by atoms with Crippen LogP contribution in [0.2, 0.25) is 0 Å². The van der Waals surface area contributed by atoms with Crippen molar-refractivity contribution in [2.24, 2.45) is 0 Å². The summed E-state index contributed by atoms with van der Waals surface area (Å²) in [7, 11) is 0. The maximum absolute atomic E-state index is 12.6. The minimum Gasteiger partial charge on any atom is -0.508 e. The molecule has 55 heavy (non-hydrogen) atoms. The van der Waals surface area contributed by atoms with Crippen molar-refractivity contribution < 1.29 is 53.1 Å². The number of carbonyl (C=O) groups excluding carboxylic acids is 4. The van der Waals surface area contributed by atoms with Crippen LogP contribution in [0.4, 0.5) is 0 Å². The van der Waals surface area contributed by atoms with Crippen molar-refractivity contribution in [1.29, 1.82) is 0 Å². The zero-order chi connectivity index (χ0) is 38.6. The van der Waals surface area contributed by atoms with Gasteiger partial charge in [0.15, 0.2) is 0 Å². The Balaban J connectivity index is 0.869. The number of aromatic hydroxyl groups is 2. The van der Waals surface area contributed by atoms with Gasteiger partial charge in [-0.1, -0.05) is 24.3 Å². The number of hydrogen-bond donors (Lipinski definition) is 2. The average molecular weight is 739 g/mol. The van der Waals surface area contributed by atoms with E-state index in [9.17, 15) is 29.4 Å². The van der Waals surface area contributed by atoms with E-state index in [1.54, 1.807) is 24.3 Å². The van der Waals surface area contributed by atoms with Crippen LogP contribution >= 0.6 is 0 Å². The molecule has 6 aromatic carbocycles. The highest BCUT2D eigenvalue weighted by atomic mass is 16.5. The van der Waals surface area contributed by atoms with Crippen LogP contribution in [0.15, 0.2) is 146 Å². The van der Waals surface area contributed by atoms with Crippen molar-refractivity contribution >= 4 is 23.9 Å². The van der Waals surface area contributed by atoms with Gasteiger partial charge in [0.05, 0.1) is 35.5 Å². The Hall–Kier alpha value is -7.24. The number of esters is 4. The molecule has 0 atom stereocenters. The molecule has 0 aliphatic carbocycles. The number of benzene rings is 6. The molecule has 6 rings (SSSR count). The van der Waals surface area contributed by atoms with E-state index in [1.165, 1.54) is 97.1 Å². The third kappa shape index (κ3) is 10.9. The van der Waals surface area contributed by atoms with Crippen molar-refractivity contribution in [2.75, 3.05) is 13.2 Å². The van der Waals surface area contributed by atoms with Crippen LogP contribution in [0.25, 0.3) is 0 Å². The topological polar surface area (TPSA) is 155 Å². The molecule has 0 aromatic heterocycles. The largest absolute Gasteiger partial charge is 0.508 e. The molecular formula is C44H34O11.